The molecular weight excluding hydrogens is 226 g/mol. The quantitative estimate of drug-likeness (QED) is 0.599. The maximum atomic E-state index is 11.5. The van der Waals surface area contributed by atoms with Crippen LogP contribution in [-0.4, -0.2) is 37.6 Å². The summed E-state index contributed by atoms with van der Waals surface area (Å²) in [5, 5.41) is -0.117. The molecule has 0 spiro atoms. The molecule has 0 bridgehead atoms. The van der Waals surface area contributed by atoms with Gasteiger partial charge >= 0.3 is 0 Å². The van der Waals surface area contributed by atoms with Gasteiger partial charge in [0.1, 0.15) is 5.75 Å². The number of hydrogen-bond donors (Lipinski definition) is 0. The molecular formula is C11H13NO3S. The maximum Gasteiger partial charge on any atom is 0.285 e. The van der Waals surface area contributed by atoms with Crippen molar-refractivity contribution in [2.75, 3.05) is 21.2 Å². The largest absolute Gasteiger partial charge is 0.497 e. The fourth-order valence-corrected chi connectivity index (χ4v) is 1.76. The van der Waals surface area contributed by atoms with Crippen molar-refractivity contribution in [3.05, 3.63) is 23.8 Å². The van der Waals surface area contributed by atoms with Crippen LogP contribution in [0.3, 0.4) is 0 Å². The number of thioether (sulfide) groups is 1. The van der Waals surface area contributed by atoms with E-state index in [-0.39, 0.29) is 5.24 Å². The van der Waals surface area contributed by atoms with Gasteiger partial charge in [0.15, 0.2) is 6.29 Å². The number of methoxy groups -OCH3 is 1. The van der Waals surface area contributed by atoms with E-state index in [0.717, 1.165) is 11.8 Å². The highest BCUT2D eigenvalue weighted by molar-refractivity contribution is 8.13. The number of aldehydes is 1. The van der Waals surface area contributed by atoms with Crippen molar-refractivity contribution in [2.45, 2.75) is 4.90 Å². The van der Waals surface area contributed by atoms with Gasteiger partial charge < -0.3 is 9.64 Å². The summed E-state index contributed by atoms with van der Waals surface area (Å²) in [5.74, 6) is 0.601. The summed E-state index contributed by atoms with van der Waals surface area (Å²) in [6.45, 7) is 0. The number of ether oxygens (including phenoxy) is 1. The first-order valence-electron chi connectivity index (χ1n) is 4.61. The Hall–Kier alpha value is -1.49. The Morgan fingerprint density at radius 2 is 2.12 bits per heavy atom. The number of carbonyl (C=O) groups is 2. The molecule has 1 amide bonds. The predicted molar refractivity (Wildman–Crippen MR) is 63.3 cm³/mol. The van der Waals surface area contributed by atoms with Gasteiger partial charge in [-0.2, -0.15) is 0 Å². The monoisotopic (exact) mass is 239 g/mol. The topological polar surface area (TPSA) is 46.6 Å². The van der Waals surface area contributed by atoms with E-state index in [2.05, 4.69) is 0 Å². The van der Waals surface area contributed by atoms with Crippen LogP contribution in [0, 0.1) is 0 Å². The summed E-state index contributed by atoms with van der Waals surface area (Å²) in [6.07, 6.45) is 0.716. The molecule has 86 valence electrons. The molecule has 0 heterocycles. The smallest absolute Gasteiger partial charge is 0.285 e. The van der Waals surface area contributed by atoms with Gasteiger partial charge in [0, 0.05) is 24.6 Å². The molecule has 0 fully saturated rings. The zero-order valence-electron chi connectivity index (χ0n) is 9.39. The lowest BCUT2D eigenvalue weighted by molar-refractivity contribution is 0.112. The highest BCUT2D eigenvalue weighted by Crippen LogP contribution is 2.27. The van der Waals surface area contributed by atoms with Gasteiger partial charge in [0.05, 0.1) is 7.11 Å². The summed E-state index contributed by atoms with van der Waals surface area (Å²) in [4.78, 5) is 24.4. The first kappa shape index (κ1) is 12.6. The lowest BCUT2D eigenvalue weighted by Gasteiger charge is -2.10. The standard InChI is InChI=1S/C11H13NO3S/c1-12(2)11(14)16-10-5-4-9(15-3)6-8(10)7-13/h4-7H,1-3H3. The van der Waals surface area contributed by atoms with E-state index in [1.807, 2.05) is 0 Å². The van der Waals surface area contributed by atoms with Gasteiger partial charge in [-0.25, -0.2) is 0 Å². The van der Waals surface area contributed by atoms with E-state index in [1.165, 1.54) is 12.0 Å². The third kappa shape index (κ3) is 3.00. The van der Waals surface area contributed by atoms with Gasteiger partial charge in [-0.15, -0.1) is 0 Å². The third-order valence-electron chi connectivity index (χ3n) is 1.91. The van der Waals surface area contributed by atoms with Gasteiger partial charge in [-0.05, 0) is 30.0 Å². The van der Waals surface area contributed by atoms with Crippen molar-refractivity contribution in [1.82, 2.24) is 4.90 Å². The number of rotatable bonds is 3. The predicted octanol–water partition coefficient (Wildman–Crippen LogP) is 2.28. The van der Waals surface area contributed by atoms with Crippen LogP contribution in [0.2, 0.25) is 0 Å². The minimum Gasteiger partial charge on any atom is -0.497 e. The number of amides is 1. The van der Waals surface area contributed by atoms with Crippen LogP contribution in [0.4, 0.5) is 4.79 Å². The van der Waals surface area contributed by atoms with Crippen LogP contribution < -0.4 is 4.74 Å². The molecule has 5 heteroatoms. The molecule has 1 aromatic rings. The first-order valence-corrected chi connectivity index (χ1v) is 5.42. The summed E-state index contributed by atoms with van der Waals surface area (Å²) in [7, 11) is 4.86. The second-order valence-corrected chi connectivity index (χ2v) is 4.28. The number of hydrogen-bond acceptors (Lipinski definition) is 4. The van der Waals surface area contributed by atoms with Gasteiger partial charge in [-0.3, -0.25) is 9.59 Å². The average Bonchev–Trinajstić information content (AvgIpc) is 2.29. The maximum absolute atomic E-state index is 11.5. The summed E-state index contributed by atoms with van der Waals surface area (Å²) in [6, 6.07) is 5.03. The van der Waals surface area contributed by atoms with Crippen LogP contribution in [0.25, 0.3) is 0 Å². The van der Waals surface area contributed by atoms with Crippen LogP contribution in [-0.2, 0) is 0 Å². The molecule has 16 heavy (non-hydrogen) atoms. The Kier molecular flexibility index (Phi) is 4.37. The Morgan fingerprint density at radius 3 is 2.62 bits per heavy atom. The molecule has 1 aromatic carbocycles. The fourth-order valence-electron chi connectivity index (χ4n) is 1.02. The fraction of sp³-hybridized carbons (Fsp3) is 0.273. The average molecular weight is 239 g/mol. The van der Waals surface area contributed by atoms with Crippen molar-refractivity contribution in [2.24, 2.45) is 0 Å². The Morgan fingerprint density at radius 1 is 1.44 bits per heavy atom. The van der Waals surface area contributed by atoms with E-state index < -0.39 is 0 Å². The van der Waals surface area contributed by atoms with Crippen molar-refractivity contribution in [1.29, 1.82) is 0 Å². The Balaban J connectivity index is 2.96. The molecule has 0 saturated heterocycles. The molecule has 0 atom stereocenters. The zero-order valence-corrected chi connectivity index (χ0v) is 10.2. The summed E-state index contributed by atoms with van der Waals surface area (Å²) in [5.41, 5.74) is 0.458. The van der Waals surface area contributed by atoms with E-state index in [1.54, 1.807) is 32.3 Å². The number of nitrogens with zero attached hydrogens (tertiary/aromatic N) is 1. The zero-order chi connectivity index (χ0) is 12.1. The van der Waals surface area contributed by atoms with Crippen LogP contribution >= 0.6 is 11.8 Å². The molecule has 0 N–H and O–H groups in total. The van der Waals surface area contributed by atoms with Gasteiger partial charge in [0.25, 0.3) is 5.24 Å². The summed E-state index contributed by atoms with van der Waals surface area (Å²) >= 11 is 1.02. The van der Waals surface area contributed by atoms with Crippen molar-refractivity contribution in [3.8, 4) is 5.75 Å². The molecule has 0 radical (unpaired) electrons. The van der Waals surface area contributed by atoms with Gasteiger partial charge in [0.2, 0.25) is 0 Å². The van der Waals surface area contributed by atoms with Crippen molar-refractivity contribution >= 4 is 23.3 Å². The van der Waals surface area contributed by atoms with Crippen molar-refractivity contribution < 1.29 is 14.3 Å². The normalized spacial score (nSPS) is 9.69. The molecule has 0 aliphatic rings. The molecule has 0 aliphatic carbocycles. The number of carbonyl (C=O) groups excluding carboxylic acids is 2. The Labute approximate surface area is 98.6 Å². The lowest BCUT2D eigenvalue weighted by atomic mass is 10.2. The minimum atomic E-state index is -0.117. The SMILES string of the molecule is COc1ccc(SC(=O)N(C)C)c(C=O)c1. The highest BCUT2D eigenvalue weighted by atomic mass is 32.2. The molecule has 0 aliphatic heterocycles. The second-order valence-electron chi connectivity index (χ2n) is 3.28. The molecule has 1 rings (SSSR count). The van der Waals surface area contributed by atoms with Crippen molar-refractivity contribution in [3.63, 3.8) is 0 Å². The molecule has 0 unspecified atom stereocenters. The molecule has 0 saturated carbocycles. The lowest BCUT2D eigenvalue weighted by Crippen LogP contribution is -2.16. The van der Waals surface area contributed by atoms with E-state index in [4.69, 9.17) is 4.74 Å². The van der Waals surface area contributed by atoms with E-state index >= 15 is 0 Å². The van der Waals surface area contributed by atoms with E-state index in [9.17, 15) is 9.59 Å². The van der Waals surface area contributed by atoms with Crippen LogP contribution in [0.15, 0.2) is 23.1 Å². The van der Waals surface area contributed by atoms with E-state index in [0.29, 0.717) is 22.5 Å². The molecule has 0 aromatic heterocycles. The third-order valence-corrected chi connectivity index (χ3v) is 3.04. The number of benzene rings is 1. The first-order chi connectivity index (χ1) is 7.58. The van der Waals surface area contributed by atoms with Crippen LogP contribution in [0.5, 0.6) is 5.75 Å². The second kappa shape index (κ2) is 5.55. The minimum absolute atomic E-state index is 0.117. The highest BCUT2D eigenvalue weighted by Gasteiger charge is 2.11. The van der Waals surface area contributed by atoms with Gasteiger partial charge in [-0.1, -0.05) is 0 Å². The Bertz CT molecular complexity index is 404. The molecule has 4 nitrogen and oxygen atoms in total. The summed E-state index contributed by atoms with van der Waals surface area (Å²) < 4.78 is 5.00. The van der Waals surface area contributed by atoms with Crippen LogP contribution in [0.1, 0.15) is 10.4 Å².